The van der Waals surface area contributed by atoms with Gasteiger partial charge in [0.2, 0.25) is 0 Å². The second kappa shape index (κ2) is 5.09. The number of nitrogens with one attached hydrogen (secondary N) is 1. The van der Waals surface area contributed by atoms with Crippen LogP contribution in [0.3, 0.4) is 0 Å². The third-order valence-corrected chi connectivity index (χ3v) is 3.46. The number of hydrogen-bond acceptors (Lipinski definition) is 6. The molecule has 3 heterocycles. The fourth-order valence-corrected chi connectivity index (χ4v) is 2.41. The smallest absolute Gasteiger partial charge is 0.340 e. The number of H-pyrrole nitrogens is 1. The second-order valence-electron chi connectivity index (χ2n) is 4.77. The van der Waals surface area contributed by atoms with E-state index in [-0.39, 0.29) is 6.04 Å². The molecule has 1 aliphatic rings. The molecule has 2 aromatic heterocycles. The normalized spacial score (nSPS) is 19.3. The molecule has 1 atom stereocenters. The van der Waals surface area contributed by atoms with Crippen LogP contribution < -0.4 is 4.90 Å². The Morgan fingerprint density at radius 1 is 1.60 bits per heavy atom. The van der Waals surface area contributed by atoms with E-state index in [4.69, 9.17) is 9.47 Å². The predicted octanol–water partition coefficient (Wildman–Crippen LogP) is 0.970. The van der Waals surface area contributed by atoms with Crippen LogP contribution in [0.2, 0.25) is 0 Å². The van der Waals surface area contributed by atoms with Crippen molar-refractivity contribution in [1.82, 2.24) is 15.2 Å². The van der Waals surface area contributed by atoms with E-state index in [1.54, 1.807) is 12.3 Å². The number of aromatic nitrogens is 3. The molecule has 0 saturated carbocycles. The molecule has 0 aromatic carbocycles. The standard InChI is InChI=1S/C13H16N4O3/c1-8-7-20-4-3-17(8)11-5-9(13(18)19-2)12-10(15-11)6-14-16-12/h5-6,8H,3-4,7H2,1-2H3,(H,14,16)/t8-/m1/s1. The number of hydrogen-bond donors (Lipinski definition) is 1. The fourth-order valence-electron chi connectivity index (χ4n) is 2.41. The summed E-state index contributed by atoms with van der Waals surface area (Å²) in [7, 11) is 1.36. The molecule has 1 N–H and O–H groups in total. The number of carbonyl (C=O) groups excluding carboxylic acids is 1. The molecule has 0 aliphatic carbocycles. The second-order valence-corrected chi connectivity index (χ2v) is 4.77. The first-order valence-electron chi connectivity index (χ1n) is 6.47. The van der Waals surface area contributed by atoms with Crippen LogP contribution in [0.5, 0.6) is 0 Å². The summed E-state index contributed by atoms with van der Waals surface area (Å²) in [6.07, 6.45) is 1.61. The van der Waals surface area contributed by atoms with Gasteiger partial charge >= 0.3 is 5.97 Å². The molecule has 1 saturated heterocycles. The first-order chi connectivity index (χ1) is 9.70. The highest BCUT2D eigenvalue weighted by molar-refractivity contribution is 6.02. The molecule has 0 unspecified atom stereocenters. The average Bonchev–Trinajstić information content (AvgIpc) is 2.94. The summed E-state index contributed by atoms with van der Waals surface area (Å²) in [5.74, 6) is 0.346. The molecule has 0 spiro atoms. The van der Waals surface area contributed by atoms with Gasteiger partial charge in [-0.1, -0.05) is 0 Å². The Morgan fingerprint density at radius 3 is 3.20 bits per heavy atom. The zero-order valence-electron chi connectivity index (χ0n) is 11.4. The highest BCUT2D eigenvalue weighted by Gasteiger charge is 2.23. The van der Waals surface area contributed by atoms with Crippen LogP contribution in [-0.2, 0) is 9.47 Å². The molecule has 3 rings (SSSR count). The number of esters is 1. The first-order valence-corrected chi connectivity index (χ1v) is 6.47. The molecule has 7 nitrogen and oxygen atoms in total. The summed E-state index contributed by atoms with van der Waals surface area (Å²) in [5, 5.41) is 6.73. The molecule has 1 aliphatic heterocycles. The number of methoxy groups -OCH3 is 1. The predicted molar refractivity (Wildman–Crippen MR) is 72.9 cm³/mol. The maximum Gasteiger partial charge on any atom is 0.340 e. The minimum absolute atomic E-state index is 0.214. The summed E-state index contributed by atoms with van der Waals surface area (Å²) >= 11 is 0. The van der Waals surface area contributed by atoms with Gasteiger partial charge in [-0.15, -0.1) is 0 Å². The molecular weight excluding hydrogens is 260 g/mol. The largest absolute Gasteiger partial charge is 0.465 e. The number of aromatic amines is 1. The highest BCUT2D eigenvalue weighted by atomic mass is 16.5. The Hall–Kier alpha value is -2.15. The summed E-state index contributed by atoms with van der Waals surface area (Å²) in [5.41, 5.74) is 1.70. The van der Waals surface area contributed by atoms with Gasteiger partial charge in [0.25, 0.3) is 0 Å². The summed E-state index contributed by atoms with van der Waals surface area (Å²) < 4.78 is 10.3. The zero-order valence-corrected chi connectivity index (χ0v) is 11.4. The van der Waals surface area contributed by atoms with Gasteiger partial charge in [0.05, 0.1) is 43.6 Å². The van der Waals surface area contributed by atoms with Gasteiger partial charge in [-0.25, -0.2) is 9.78 Å². The maximum absolute atomic E-state index is 11.9. The third-order valence-electron chi connectivity index (χ3n) is 3.46. The van der Waals surface area contributed by atoms with Gasteiger partial charge in [0, 0.05) is 6.54 Å². The Balaban J connectivity index is 2.09. The van der Waals surface area contributed by atoms with Crippen LogP contribution in [0.4, 0.5) is 5.82 Å². The third kappa shape index (κ3) is 2.09. The van der Waals surface area contributed by atoms with Crippen molar-refractivity contribution in [3.63, 3.8) is 0 Å². The van der Waals surface area contributed by atoms with Crippen molar-refractivity contribution in [3.05, 3.63) is 17.8 Å². The first kappa shape index (κ1) is 12.9. The quantitative estimate of drug-likeness (QED) is 0.823. The number of fused-ring (bicyclic) bond motifs is 1. The molecule has 0 bridgehead atoms. The summed E-state index contributed by atoms with van der Waals surface area (Å²) in [4.78, 5) is 18.6. The van der Waals surface area contributed by atoms with E-state index in [1.807, 2.05) is 0 Å². The SMILES string of the molecule is COC(=O)c1cc(N2CCOC[C@H]2C)nc2cn[nH]c12. The molecule has 1 fully saturated rings. The lowest BCUT2D eigenvalue weighted by Crippen LogP contribution is -2.44. The van der Waals surface area contributed by atoms with Crippen LogP contribution in [0.25, 0.3) is 11.0 Å². The van der Waals surface area contributed by atoms with Gasteiger partial charge in [0.15, 0.2) is 0 Å². The number of rotatable bonds is 2. The van der Waals surface area contributed by atoms with Gasteiger partial charge in [-0.3, -0.25) is 5.10 Å². The lowest BCUT2D eigenvalue weighted by atomic mass is 10.2. The van der Waals surface area contributed by atoms with Gasteiger partial charge in [-0.05, 0) is 13.0 Å². The van der Waals surface area contributed by atoms with E-state index in [2.05, 4.69) is 27.0 Å². The van der Waals surface area contributed by atoms with E-state index in [0.717, 1.165) is 12.4 Å². The number of morpholine rings is 1. The molecular formula is C13H16N4O3. The Labute approximate surface area is 115 Å². The van der Waals surface area contributed by atoms with Crippen LogP contribution in [0.15, 0.2) is 12.3 Å². The Morgan fingerprint density at radius 2 is 2.45 bits per heavy atom. The molecule has 20 heavy (non-hydrogen) atoms. The molecule has 106 valence electrons. The lowest BCUT2D eigenvalue weighted by Gasteiger charge is -2.34. The Bertz CT molecular complexity index is 640. The number of anilines is 1. The van der Waals surface area contributed by atoms with E-state index in [1.165, 1.54) is 7.11 Å². The monoisotopic (exact) mass is 276 g/mol. The van der Waals surface area contributed by atoms with Crippen molar-refractivity contribution in [3.8, 4) is 0 Å². The number of ether oxygens (including phenoxy) is 2. The zero-order chi connectivity index (χ0) is 14.1. The van der Waals surface area contributed by atoms with Crippen LogP contribution in [0, 0.1) is 0 Å². The fraction of sp³-hybridized carbons (Fsp3) is 0.462. The molecule has 0 radical (unpaired) electrons. The molecule has 7 heteroatoms. The van der Waals surface area contributed by atoms with Crippen molar-refractivity contribution in [2.24, 2.45) is 0 Å². The summed E-state index contributed by atoms with van der Waals surface area (Å²) in [6.45, 7) is 4.12. The maximum atomic E-state index is 11.9. The molecule has 2 aromatic rings. The van der Waals surface area contributed by atoms with Crippen molar-refractivity contribution in [1.29, 1.82) is 0 Å². The van der Waals surface area contributed by atoms with E-state index in [0.29, 0.717) is 29.8 Å². The van der Waals surface area contributed by atoms with Crippen LogP contribution in [-0.4, -0.2) is 54.1 Å². The minimum atomic E-state index is -0.399. The highest BCUT2D eigenvalue weighted by Crippen LogP contribution is 2.24. The van der Waals surface area contributed by atoms with Gasteiger partial charge in [-0.2, -0.15) is 5.10 Å². The number of carbonyl (C=O) groups is 1. The van der Waals surface area contributed by atoms with E-state index >= 15 is 0 Å². The lowest BCUT2D eigenvalue weighted by molar-refractivity contribution is 0.0602. The summed E-state index contributed by atoms with van der Waals surface area (Å²) in [6, 6.07) is 1.96. The van der Waals surface area contributed by atoms with Crippen molar-refractivity contribution in [2.75, 3.05) is 31.8 Å². The number of nitrogens with zero attached hydrogens (tertiary/aromatic N) is 3. The van der Waals surface area contributed by atoms with Crippen molar-refractivity contribution in [2.45, 2.75) is 13.0 Å². The van der Waals surface area contributed by atoms with Crippen molar-refractivity contribution < 1.29 is 14.3 Å². The van der Waals surface area contributed by atoms with Gasteiger partial charge in [0.1, 0.15) is 11.3 Å². The Kier molecular flexibility index (Phi) is 3.27. The molecule has 0 amide bonds. The average molecular weight is 276 g/mol. The van der Waals surface area contributed by atoms with Crippen LogP contribution >= 0.6 is 0 Å². The minimum Gasteiger partial charge on any atom is -0.465 e. The van der Waals surface area contributed by atoms with Gasteiger partial charge < -0.3 is 14.4 Å². The van der Waals surface area contributed by atoms with E-state index in [9.17, 15) is 4.79 Å². The van der Waals surface area contributed by atoms with Crippen LogP contribution in [0.1, 0.15) is 17.3 Å². The topological polar surface area (TPSA) is 80.3 Å². The van der Waals surface area contributed by atoms with Crippen molar-refractivity contribution >= 4 is 22.8 Å². The number of pyridine rings is 1. The van der Waals surface area contributed by atoms with E-state index < -0.39 is 5.97 Å².